The molecule has 1 aromatic carbocycles. The monoisotopic (exact) mass is 262 g/mol. The Hall–Kier alpha value is -1.72. The van der Waals surface area contributed by atoms with E-state index in [1.165, 1.54) is 12.1 Å². The topological polar surface area (TPSA) is 35.5 Å². The van der Waals surface area contributed by atoms with E-state index in [-0.39, 0.29) is 5.75 Å². The lowest BCUT2D eigenvalue weighted by Gasteiger charge is -2.26. The van der Waals surface area contributed by atoms with Gasteiger partial charge in [-0.15, -0.1) is 0 Å². The molecule has 0 heterocycles. The predicted molar refractivity (Wildman–Crippen MR) is 58.1 cm³/mol. The van der Waals surface area contributed by atoms with Crippen molar-refractivity contribution in [3.8, 4) is 5.75 Å². The average Bonchev–Trinajstić information content (AvgIpc) is 2.24. The van der Waals surface area contributed by atoms with Gasteiger partial charge < -0.3 is 9.47 Å². The highest BCUT2D eigenvalue weighted by atomic mass is 19.4. The Balaban J connectivity index is 2.83. The first kappa shape index (κ1) is 14.3. The van der Waals surface area contributed by atoms with Crippen LogP contribution in [0.2, 0.25) is 0 Å². The van der Waals surface area contributed by atoms with Gasteiger partial charge in [-0.1, -0.05) is 18.2 Å². The van der Waals surface area contributed by atoms with Gasteiger partial charge in [-0.05, 0) is 19.1 Å². The second-order valence-electron chi connectivity index (χ2n) is 3.71. The van der Waals surface area contributed by atoms with E-state index in [0.29, 0.717) is 0 Å². The summed E-state index contributed by atoms with van der Waals surface area (Å²) in [5, 5.41) is 0. The number of para-hydroxylation sites is 1. The molecule has 0 aliphatic carbocycles. The second-order valence-corrected chi connectivity index (χ2v) is 3.71. The van der Waals surface area contributed by atoms with Gasteiger partial charge >= 0.3 is 12.1 Å². The maximum atomic E-state index is 12.8. The van der Waals surface area contributed by atoms with Gasteiger partial charge in [-0.3, -0.25) is 4.79 Å². The van der Waals surface area contributed by atoms with Crippen molar-refractivity contribution in [1.82, 2.24) is 0 Å². The highest BCUT2D eigenvalue weighted by Gasteiger charge is 2.47. The number of rotatable bonds is 4. The fourth-order valence-corrected chi connectivity index (χ4v) is 1.40. The van der Waals surface area contributed by atoms with Crippen LogP contribution in [-0.4, -0.2) is 24.4 Å². The summed E-state index contributed by atoms with van der Waals surface area (Å²) in [7, 11) is 0. The van der Waals surface area contributed by atoms with E-state index in [1.54, 1.807) is 18.2 Å². The molecule has 1 aromatic rings. The Morgan fingerprint density at radius 2 is 1.78 bits per heavy atom. The lowest BCUT2D eigenvalue weighted by molar-refractivity contribution is -0.223. The molecule has 0 spiro atoms. The summed E-state index contributed by atoms with van der Waals surface area (Å²) < 4.78 is 47.7. The van der Waals surface area contributed by atoms with E-state index in [9.17, 15) is 18.0 Å². The molecule has 3 nitrogen and oxygen atoms in total. The van der Waals surface area contributed by atoms with Crippen molar-refractivity contribution in [1.29, 1.82) is 0 Å². The lowest BCUT2D eigenvalue weighted by atomic mass is 10.2. The second kappa shape index (κ2) is 5.75. The van der Waals surface area contributed by atoms with Gasteiger partial charge in [0, 0.05) is 6.92 Å². The van der Waals surface area contributed by atoms with Gasteiger partial charge in [0.15, 0.2) is 0 Å². The van der Waals surface area contributed by atoms with Crippen LogP contribution in [0.25, 0.3) is 0 Å². The quantitative estimate of drug-likeness (QED) is 0.782. The average molecular weight is 262 g/mol. The van der Waals surface area contributed by atoms with Gasteiger partial charge in [0.25, 0.3) is 0 Å². The van der Waals surface area contributed by atoms with Gasteiger partial charge in [0.05, 0.1) is 0 Å². The molecule has 0 fully saturated rings. The molecule has 0 amide bonds. The molecule has 2 unspecified atom stereocenters. The molecule has 0 N–H and O–H groups in total. The number of alkyl halides is 3. The molecule has 0 aliphatic heterocycles. The van der Waals surface area contributed by atoms with Gasteiger partial charge in [-0.25, -0.2) is 0 Å². The predicted octanol–water partition coefficient (Wildman–Crippen LogP) is 2.95. The Labute approximate surface area is 103 Å². The molecule has 0 saturated heterocycles. The minimum Gasteiger partial charge on any atom is -0.477 e. The number of esters is 1. The molecule has 0 aliphatic rings. The van der Waals surface area contributed by atoms with Crippen LogP contribution in [0.1, 0.15) is 13.8 Å². The van der Waals surface area contributed by atoms with Crippen molar-refractivity contribution in [3.05, 3.63) is 30.3 Å². The molecule has 100 valence electrons. The Morgan fingerprint density at radius 1 is 1.22 bits per heavy atom. The number of ether oxygens (including phenoxy) is 2. The van der Waals surface area contributed by atoms with Crippen LogP contribution in [0.4, 0.5) is 13.2 Å². The maximum absolute atomic E-state index is 12.8. The molecule has 2 atom stereocenters. The van der Waals surface area contributed by atoms with Crippen LogP contribution in [0.15, 0.2) is 30.3 Å². The van der Waals surface area contributed by atoms with E-state index < -0.39 is 24.4 Å². The number of benzene rings is 1. The molecule has 0 aromatic heterocycles. The lowest BCUT2D eigenvalue weighted by Crippen LogP contribution is -2.44. The first-order chi connectivity index (χ1) is 8.30. The standard InChI is InChI=1S/C12H13F3O3/c1-8(17-9(2)16)11(12(13,14)15)18-10-6-4-3-5-7-10/h3-8,11H,1-2H3. The number of carbonyl (C=O) groups is 1. The number of halogens is 3. The third-order valence-electron chi connectivity index (χ3n) is 2.11. The first-order valence-corrected chi connectivity index (χ1v) is 5.26. The summed E-state index contributed by atoms with van der Waals surface area (Å²) in [6.45, 7) is 2.19. The third kappa shape index (κ3) is 4.27. The molecule has 1 rings (SSSR count). The van der Waals surface area contributed by atoms with Crippen molar-refractivity contribution in [2.45, 2.75) is 32.2 Å². The summed E-state index contributed by atoms with van der Waals surface area (Å²) in [4.78, 5) is 10.7. The summed E-state index contributed by atoms with van der Waals surface area (Å²) >= 11 is 0. The minimum absolute atomic E-state index is 0.0684. The van der Waals surface area contributed by atoms with E-state index in [1.807, 2.05) is 0 Å². The van der Waals surface area contributed by atoms with Gasteiger partial charge in [0.2, 0.25) is 6.10 Å². The molecule has 0 radical (unpaired) electrons. The highest BCUT2D eigenvalue weighted by Crippen LogP contribution is 2.28. The van der Waals surface area contributed by atoms with Crippen molar-refractivity contribution >= 4 is 5.97 Å². The molecule has 0 saturated carbocycles. The number of hydrogen-bond acceptors (Lipinski definition) is 3. The Bertz CT molecular complexity index is 389. The number of hydrogen-bond donors (Lipinski definition) is 0. The van der Waals surface area contributed by atoms with Crippen molar-refractivity contribution in [3.63, 3.8) is 0 Å². The van der Waals surface area contributed by atoms with Crippen LogP contribution >= 0.6 is 0 Å². The van der Waals surface area contributed by atoms with E-state index in [2.05, 4.69) is 4.74 Å². The van der Waals surface area contributed by atoms with E-state index in [0.717, 1.165) is 13.8 Å². The van der Waals surface area contributed by atoms with Gasteiger partial charge in [-0.2, -0.15) is 13.2 Å². The minimum atomic E-state index is -4.62. The van der Waals surface area contributed by atoms with Crippen LogP contribution in [-0.2, 0) is 9.53 Å². The Morgan fingerprint density at radius 3 is 2.22 bits per heavy atom. The third-order valence-corrected chi connectivity index (χ3v) is 2.11. The van der Waals surface area contributed by atoms with Crippen molar-refractivity contribution in [2.24, 2.45) is 0 Å². The highest BCUT2D eigenvalue weighted by molar-refractivity contribution is 5.66. The SMILES string of the molecule is CC(=O)OC(C)C(Oc1ccccc1)C(F)(F)F. The van der Waals surface area contributed by atoms with E-state index in [4.69, 9.17) is 4.74 Å². The van der Waals surface area contributed by atoms with Crippen LogP contribution in [0.3, 0.4) is 0 Å². The maximum Gasteiger partial charge on any atom is 0.429 e. The molecule has 6 heteroatoms. The zero-order chi connectivity index (χ0) is 13.8. The summed E-state index contributed by atoms with van der Waals surface area (Å²) in [5.74, 6) is -0.716. The first-order valence-electron chi connectivity index (χ1n) is 5.26. The summed E-state index contributed by atoms with van der Waals surface area (Å²) in [6.07, 6.45) is -8.23. The zero-order valence-electron chi connectivity index (χ0n) is 9.90. The smallest absolute Gasteiger partial charge is 0.429 e. The molecular weight excluding hydrogens is 249 g/mol. The van der Waals surface area contributed by atoms with E-state index >= 15 is 0 Å². The van der Waals surface area contributed by atoms with Gasteiger partial charge in [0.1, 0.15) is 11.9 Å². The van der Waals surface area contributed by atoms with Crippen LogP contribution < -0.4 is 4.74 Å². The summed E-state index contributed by atoms with van der Waals surface area (Å²) in [5.41, 5.74) is 0. The molecular formula is C12H13F3O3. The molecule has 18 heavy (non-hydrogen) atoms. The normalized spacial score (nSPS) is 14.7. The van der Waals surface area contributed by atoms with Crippen molar-refractivity contribution in [2.75, 3.05) is 0 Å². The fraction of sp³-hybridized carbons (Fsp3) is 0.417. The Kier molecular flexibility index (Phi) is 4.58. The van der Waals surface area contributed by atoms with Crippen molar-refractivity contribution < 1.29 is 27.4 Å². The van der Waals surface area contributed by atoms with Crippen LogP contribution in [0, 0.1) is 0 Å². The zero-order valence-corrected chi connectivity index (χ0v) is 9.90. The summed E-state index contributed by atoms with van der Waals surface area (Å²) in [6, 6.07) is 7.57. The largest absolute Gasteiger partial charge is 0.477 e. The molecule has 0 bridgehead atoms. The fourth-order valence-electron chi connectivity index (χ4n) is 1.40. The number of carbonyl (C=O) groups excluding carboxylic acids is 1. The van der Waals surface area contributed by atoms with Crippen LogP contribution in [0.5, 0.6) is 5.75 Å².